The molecule has 7 heteroatoms. The van der Waals surface area contributed by atoms with Gasteiger partial charge >= 0.3 is 0 Å². The molecule has 1 aliphatic heterocycles. The predicted octanol–water partition coefficient (Wildman–Crippen LogP) is 1.86. The number of hydrogen-bond donors (Lipinski definition) is 2. The van der Waals surface area contributed by atoms with Crippen molar-refractivity contribution in [1.82, 2.24) is 9.29 Å². The average molecular weight is 425 g/mol. The zero-order valence-electron chi connectivity index (χ0n) is 17.0. The molecule has 0 unspecified atom stereocenters. The number of nitrogens with zero attached hydrogens (tertiary/aromatic N) is 1. The molecule has 0 saturated carbocycles. The smallest absolute Gasteiger partial charge is 0.236 e. The van der Waals surface area contributed by atoms with Crippen LogP contribution in [0.5, 0.6) is 0 Å². The molecule has 2 heterocycles. The maximum absolute atomic E-state index is 13.0. The second kappa shape index (κ2) is 8.55. The SMILES string of the molecule is Cc1[nH]c2ccccc2c1C(=O)C[NH+]1CCN(S(=O)(=O)/C=C/c2ccccc2)CC1. The second-order valence-corrected chi connectivity index (χ2v) is 9.50. The van der Waals surface area contributed by atoms with Gasteiger partial charge in [0.05, 0.1) is 31.7 Å². The first-order valence-electron chi connectivity index (χ1n) is 10.1. The van der Waals surface area contributed by atoms with Crippen LogP contribution in [0.4, 0.5) is 0 Å². The van der Waals surface area contributed by atoms with Crippen LogP contribution < -0.4 is 4.90 Å². The first kappa shape index (κ1) is 20.5. The van der Waals surface area contributed by atoms with Crippen molar-refractivity contribution in [3.8, 4) is 0 Å². The van der Waals surface area contributed by atoms with Crippen molar-refractivity contribution in [2.45, 2.75) is 6.92 Å². The van der Waals surface area contributed by atoms with E-state index in [0.717, 1.165) is 32.6 Å². The van der Waals surface area contributed by atoms with Crippen LogP contribution in [0, 0.1) is 6.92 Å². The number of aromatic nitrogens is 1. The molecule has 0 spiro atoms. The van der Waals surface area contributed by atoms with E-state index in [9.17, 15) is 13.2 Å². The summed E-state index contributed by atoms with van der Waals surface area (Å²) in [5, 5.41) is 2.22. The molecule has 156 valence electrons. The Labute approximate surface area is 176 Å². The van der Waals surface area contributed by atoms with Gasteiger partial charge in [0, 0.05) is 22.0 Å². The van der Waals surface area contributed by atoms with Crippen molar-refractivity contribution in [2.24, 2.45) is 0 Å². The fourth-order valence-electron chi connectivity index (χ4n) is 4.00. The van der Waals surface area contributed by atoms with E-state index in [1.54, 1.807) is 6.08 Å². The van der Waals surface area contributed by atoms with E-state index < -0.39 is 10.0 Å². The Hall–Kier alpha value is -2.74. The number of aromatic amines is 1. The van der Waals surface area contributed by atoms with Crippen LogP contribution in [0.3, 0.4) is 0 Å². The van der Waals surface area contributed by atoms with Gasteiger partial charge in [-0.05, 0) is 24.6 Å². The summed E-state index contributed by atoms with van der Waals surface area (Å²) >= 11 is 0. The van der Waals surface area contributed by atoms with E-state index in [1.807, 2.05) is 61.5 Å². The van der Waals surface area contributed by atoms with Crippen LogP contribution in [0.1, 0.15) is 21.6 Å². The third-order valence-corrected chi connectivity index (χ3v) is 7.17. The van der Waals surface area contributed by atoms with Gasteiger partial charge in [0.25, 0.3) is 0 Å². The normalized spacial score (nSPS) is 16.4. The molecule has 3 aromatic rings. The van der Waals surface area contributed by atoms with Crippen molar-refractivity contribution in [1.29, 1.82) is 0 Å². The van der Waals surface area contributed by atoms with Gasteiger partial charge in [-0.25, -0.2) is 8.42 Å². The van der Waals surface area contributed by atoms with Crippen molar-refractivity contribution >= 4 is 32.8 Å². The largest absolute Gasteiger partial charge is 0.358 e. The summed E-state index contributed by atoms with van der Waals surface area (Å²) in [6, 6.07) is 17.2. The summed E-state index contributed by atoms with van der Waals surface area (Å²) in [6.07, 6.45) is 1.62. The molecule has 4 rings (SSSR count). The number of ketones is 1. The number of fused-ring (bicyclic) bond motifs is 1. The molecule has 1 aliphatic rings. The lowest BCUT2D eigenvalue weighted by molar-refractivity contribution is -0.895. The van der Waals surface area contributed by atoms with Crippen LogP contribution in [-0.2, 0) is 10.0 Å². The number of H-pyrrole nitrogens is 1. The minimum absolute atomic E-state index is 0.0974. The molecular formula is C23H26N3O3S+. The Morgan fingerprint density at radius 3 is 2.47 bits per heavy atom. The molecule has 0 radical (unpaired) electrons. The summed E-state index contributed by atoms with van der Waals surface area (Å²) in [4.78, 5) is 17.4. The molecule has 2 N–H and O–H groups in total. The third-order valence-electron chi connectivity index (χ3n) is 5.60. The minimum Gasteiger partial charge on any atom is -0.358 e. The number of rotatable bonds is 6. The van der Waals surface area contributed by atoms with Crippen LogP contribution in [0.2, 0.25) is 0 Å². The molecule has 0 aliphatic carbocycles. The van der Waals surface area contributed by atoms with Gasteiger partial charge in [-0.2, -0.15) is 4.31 Å². The number of Topliss-reactive ketones (excluding diaryl/α,β-unsaturated/α-hetero) is 1. The highest BCUT2D eigenvalue weighted by atomic mass is 32.2. The number of carbonyl (C=O) groups excluding carboxylic acids is 1. The van der Waals surface area contributed by atoms with Crippen LogP contribution >= 0.6 is 0 Å². The van der Waals surface area contributed by atoms with Crippen molar-refractivity contribution in [3.05, 3.63) is 76.8 Å². The second-order valence-electron chi connectivity index (χ2n) is 7.68. The quantitative estimate of drug-likeness (QED) is 0.593. The van der Waals surface area contributed by atoms with E-state index in [-0.39, 0.29) is 5.78 Å². The molecule has 2 aromatic carbocycles. The number of para-hydroxylation sites is 1. The Morgan fingerprint density at radius 1 is 1.07 bits per heavy atom. The predicted molar refractivity (Wildman–Crippen MR) is 119 cm³/mol. The summed E-state index contributed by atoms with van der Waals surface area (Å²) in [6.45, 7) is 4.35. The molecule has 0 bridgehead atoms. The summed E-state index contributed by atoms with van der Waals surface area (Å²) in [5.74, 6) is 0.0974. The third kappa shape index (κ3) is 4.38. The molecule has 0 atom stereocenters. The number of benzene rings is 2. The Balaban J connectivity index is 1.38. The monoisotopic (exact) mass is 424 g/mol. The number of carbonyl (C=O) groups is 1. The molecule has 1 saturated heterocycles. The van der Waals surface area contributed by atoms with Crippen molar-refractivity contribution < 1.29 is 18.1 Å². The fourth-order valence-corrected chi connectivity index (χ4v) is 5.19. The maximum Gasteiger partial charge on any atom is 0.236 e. The zero-order valence-corrected chi connectivity index (χ0v) is 17.8. The average Bonchev–Trinajstić information content (AvgIpc) is 3.09. The van der Waals surface area contributed by atoms with E-state index in [1.165, 1.54) is 9.71 Å². The standard InChI is InChI=1S/C23H25N3O3S/c1-18-23(20-9-5-6-10-21(20)24-18)22(27)17-25-12-14-26(15-13-25)30(28,29)16-11-19-7-3-2-4-8-19/h2-11,16,24H,12-15,17H2,1H3/p+1/b16-11+. The van der Waals surface area contributed by atoms with Gasteiger partial charge in [0.2, 0.25) is 15.8 Å². The first-order valence-corrected chi connectivity index (χ1v) is 11.6. The van der Waals surface area contributed by atoms with Crippen LogP contribution in [0.25, 0.3) is 17.0 Å². The molecule has 6 nitrogen and oxygen atoms in total. The Bertz CT molecular complexity index is 1170. The van der Waals surface area contributed by atoms with E-state index in [4.69, 9.17) is 0 Å². The van der Waals surface area contributed by atoms with Crippen molar-refractivity contribution in [2.75, 3.05) is 32.7 Å². The molecule has 1 fully saturated rings. The maximum atomic E-state index is 13.0. The molecular weight excluding hydrogens is 398 g/mol. The first-order chi connectivity index (χ1) is 14.4. The van der Waals surface area contributed by atoms with Crippen molar-refractivity contribution in [3.63, 3.8) is 0 Å². The number of quaternary nitrogens is 1. The number of nitrogens with one attached hydrogen (secondary N) is 2. The van der Waals surface area contributed by atoms with Gasteiger partial charge in [0.15, 0.2) is 0 Å². The van der Waals surface area contributed by atoms with Gasteiger partial charge in [-0.3, -0.25) is 4.79 Å². The topological polar surface area (TPSA) is 74.7 Å². The Kier molecular flexibility index (Phi) is 5.85. The highest BCUT2D eigenvalue weighted by Crippen LogP contribution is 2.21. The lowest BCUT2D eigenvalue weighted by atomic mass is 10.1. The molecule has 30 heavy (non-hydrogen) atoms. The summed E-state index contributed by atoms with van der Waals surface area (Å²) in [5.41, 5.74) is 3.45. The highest BCUT2D eigenvalue weighted by Gasteiger charge is 2.29. The highest BCUT2D eigenvalue weighted by molar-refractivity contribution is 7.92. The zero-order chi connectivity index (χ0) is 21.1. The number of piperazine rings is 1. The Morgan fingerprint density at radius 2 is 1.73 bits per heavy atom. The number of sulfonamides is 1. The fraction of sp³-hybridized carbons (Fsp3) is 0.261. The minimum atomic E-state index is -3.46. The molecule has 0 amide bonds. The summed E-state index contributed by atoms with van der Waals surface area (Å²) < 4.78 is 26.7. The van der Waals surface area contributed by atoms with Gasteiger partial charge in [-0.15, -0.1) is 0 Å². The van der Waals surface area contributed by atoms with E-state index >= 15 is 0 Å². The van der Waals surface area contributed by atoms with Crippen LogP contribution in [-0.4, -0.2) is 56.2 Å². The van der Waals surface area contributed by atoms with Gasteiger partial charge < -0.3 is 9.88 Å². The van der Waals surface area contributed by atoms with E-state index in [0.29, 0.717) is 32.7 Å². The lowest BCUT2D eigenvalue weighted by Gasteiger charge is -2.30. The van der Waals surface area contributed by atoms with Gasteiger partial charge in [0.1, 0.15) is 6.54 Å². The number of hydrogen-bond acceptors (Lipinski definition) is 3. The lowest BCUT2D eigenvalue weighted by Crippen LogP contribution is -3.15. The van der Waals surface area contributed by atoms with Gasteiger partial charge in [-0.1, -0.05) is 48.5 Å². The van der Waals surface area contributed by atoms with E-state index in [2.05, 4.69) is 4.98 Å². The number of aryl methyl sites for hydroxylation is 1. The summed E-state index contributed by atoms with van der Waals surface area (Å²) in [7, 11) is -3.46. The molecule has 1 aromatic heterocycles. The van der Waals surface area contributed by atoms with Crippen LogP contribution in [0.15, 0.2) is 60.0 Å².